The van der Waals surface area contributed by atoms with Gasteiger partial charge < -0.3 is 10.2 Å². The van der Waals surface area contributed by atoms with Gasteiger partial charge in [-0.3, -0.25) is 14.6 Å². The largest absolute Gasteiger partial charge is 0.346 e. The second-order valence-corrected chi connectivity index (χ2v) is 6.94. The van der Waals surface area contributed by atoms with E-state index in [2.05, 4.69) is 34.5 Å². The van der Waals surface area contributed by atoms with Crippen LogP contribution < -0.4 is 5.32 Å². The SMILES string of the molecule is CCN(Cc1ccncc1)C(=O)c1nnn2c1C(=O)N[C@@H](CC(C)C)C2. The van der Waals surface area contributed by atoms with Crippen molar-refractivity contribution in [3.05, 3.63) is 41.5 Å². The van der Waals surface area contributed by atoms with Crippen LogP contribution in [0.3, 0.4) is 0 Å². The molecule has 2 aromatic heterocycles. The Hall–Kier alpha value is -2.77. The summed E-state index contributed by atoms with van der Waals surface area (Å²) in [4.78, 5) is 31.1. The van der Waals surface area contributed by atoms with Gasteiger partial charge in [-0.2, -0.15) is 0 Å². The lowest BCUT2D eigenvalue weighted by Crippen LogP contribution is -2.46. The first-order valence-corrected chi connectivity index (χ1v) is 8.92. The van der Waals surface area contributed by atoms with Gasteiger partial charge in [0.1, 0.15) is 0 Å². The quantitative estimate of drug-likeness (QED) is 0.846. The third-order valence-corrected chi connectivity index (χ3v) is 4.43. The van der Waals surface area contributed by atoms with Gasteiger partial charge in [0.05, 0.1) is 6.54 Å². The van der Waals surface area contributed by atoms with Crippen molar-refractivity contribution in [2.45, 2.75) is 46.3 Å². The van der Waals surface area contributed by atoms with Gasteiger partial charge in [0, 0.05) is 31.5 Å². The van der Waals surface area contributed by atoms with Gasteiger partial charge >= 0.3 is 0 Å². The third-order valence-electron chi connectivity index (χ3n) is 4.43. The van der Waals surface area contributed by atoms with E-state index in [4.69, 9.17) is 0 Å². The lowest BCUT2D eigenvalue weighted by atomic mass is 10.0. The number of nitrogens with zero attached hydrogens (tertiary/aromatic N) is 5. The van der Waals surface area contributed by atoms with Crippen molar-refractivity contribution in [1.29, 1.82) is 0 Å². The molecule has 1 N–H and O–H groups in total. The summed E-state index contributed by atoms with van der Waals surface area (Å²) in [6.45, 7) is 7.59. The van der Waals surface area contributed by atoms with Crippen molar-refractivity contribution in [2.75, 3.05) is 6.54 Å². The number of carbonyl (C=O) groups is 2. The zero-order chi connectivity index (χ0) is 18.7. The maximum atomic E-state index is 12.9. The average Bonchev–Trinajstić information content (AvgIpc) is 3.04. The number of rotatable bonds is 6. The molecule has 0 fully saturated rings. The Morgan fingerprint density at radius 1 is 1.38 bits per heavy atom. The molecule has 1 atom stereocenters. The molecule has 0 saturated heterocycles. The Morgan fingerprint density at radius 2 is 2.12 bits per heavy atom. The predicted octanol–water partition coefficient (Wildman–Crippen LogP) is 1.49. The molecule has 1 aliphatic rings. The van der Waals surface area contributed by atoms with E-state index in [1.54, 1.807) is 22.0 Å². The van der Waals surface area contributed by atoms with Gasteiger partial charge in [0.25, 0.3) is 11.8 Å². The molecule has 26 heavy (non-hydrogen) atoms. The molecule has 2 amide bonds. The molecule has 8 nitrogen and oxygen atoms in total. The van der Waals surface area contributed by atoms with Crippen LogP contribution in [0.2, 0.25) is 0 Å². The lowest BCUT2D eigenvalue weighted by Gasteiger charge is -2.26. The molecule has 0 aromatic carbocycles. The summed E-state index contributed by atoms with van der Waals surface area (Å²) in [7, 11) is 0. The maximum Gasteiger partial charge on any atom is 0.277 e. The molecule has 0 aliphatic carbocycles. The predicted molar refractivity (Wildman–Crippen MR) is 95.4 cm³/mol. The highest BCUT2D eigenvalue weighted by atomic mass is 16.2. The van der Waals surface area contributed by atoms with E-state index in [0.29, 0.717) is 25.6 Å². The van der Waals surface area contributed by atoms with E-state index in [0.717, 1.165) is 12.0 Å². The number of hydrogen-bond acceptors (Lipinski definition) is 5. The molecule has 0 bridgehead atoms. The Bertz CT molecular complexity index is 786. The topological polar surface area (TPSA) is 93.0 Å². The Morgan fingerprint density at radius 3 is 2.77 bits per heavy atom. The minimum absolute atomic E-state index is 0.0127. The van der Waals surface area contributed by atoms with Gasteiger partial charge in [0.2, 0.25) is 0 Å². The monoisotopic (exact) mass is 356 g/mol. The first-order chi connectivity index (χ1) is 12.5. The first kappa shape index (κ1) is 18.0. The standard InChI is InChI=1S/C18H24N6O2/c1-4-23(10-13-5-7-19-8-6-13)18(26)15-16-17(25)20-14(9-12(2)3)11-24(16)22-21-15/h5-8,12,14H,4,9-11H2,1-3H3,(H,20,25)/t14-/m0/s1. The van der Waals surface area contributed by atoms with Crippen LogP contribution in [-0.2, 0) is 13.1 Å². The number of fused-ring (bicyclic) bond motifs is 1. The lowest BCUT2D eigenvalue weighted by molar-refractivity contribution is 0.0736. The van der Waals surface area contributed by atoms with E-state index in [-0.39, 0.29) is 29.2 Å². The van der Waals surface area contributed by atoms with Crippen LogP contribution in [-0.4, -0.2) is 49.3 Å². The minimum Gasteiger partial charge on any atom is -0.346 e. The van der Waals surface area contributed by atoms with Crippen LogP contribution >= 0.6 is 0 Å². The Labute approximate surface area is 152 Å². The summed E-state index contributed by atoms with van der Waals surface area (Å²) in [6, 6.07) is 3.74. The highest BCUT2D eigenvalue weighted by Crippen LogP contribution is 2.18. The second-order valence-electron chi connectivity index (χ2n) is 6.94. The fourth-order valence-corrected chi connectivity index (χ4v) is 3.21. The van der Waals surface area contributed by atoms with Crippen molar-refractivity contribution in [3.63, 3.8) is 0 Å². The molecular formula is C18H24N6O2. The Balaban J connectivity index is 1.81. The fraction of sp³-hybridized carbons (Fsp3) is 0.500. The van der Waals surface area contributed by atoms with Gasteiger partial charge in [-0.05, 0) is 37.0 Å². The molecule has 1 aliphatic heterocycles. The van der Waals surface area contributed by atoms with Crippen molar-refractivity contribution in [1.82, 2.24) is 30.2 Å². The molecule has 138 valence electrons. The van der Waals surface area contributed by atoms with E-state index in [1.807, 2.05) is 19.1 Å². The summed E-state index contributed by atoms with van der Waals surface area (Å²) in [5.41, 5.74) is 1.34. The van der Waals surface area contributed by atoms with Crippen molar-refractivity contribution < 1.29 is 9.59 Å². The van der Waals surface area contributed by atoms with Crippen LogP contribution in [0.15, 0.2) is 24.5 Å². The number of pyridine rings is 1. The van der Waals surface area contributed by atoms with Crippen molar-refractivity contribution in [3.8, 4) is 0 Å². The van der Waals surface area contributed by atoms with E-state index in [1.165, 1.54) is 0 Å². The van der Waals surface area contributed by atoms with E-state index < -0.39 is 0 Å². The molecule has 3 heterocycles. The third kappa shape index (κ3) is 3.74. The van der Waals surface area contributed by atoms with Gasteiger partial charge in [-0.15, -0.1) is 5.10 Å². The first-order valence-electron chi connectivity index (χ1n) is 8.92. The fourth-order valence-electron chi connectivity index (χ4n) is 3.21. The molecule has 2 aromatic rings. The molecular weight excluding hydrogens is 332 g/mol. The molecule has 0 spiro atoms. The van der Waals surface area contributed by atoms with Gasteiger partial charge in [-0.25, -0.2) is 4.68 Å². The minimum atomic E-state index is -0.289. The smallest absolute Gasteiger partial charge is 0.277 e. The van der Waals surface area contributed by atoms with Crippen LogP contribution in [0.5, 0.6) is 0 Å². The van der Waals surface area contributed by atoms with E-state index >= 15 is 0 Å². The van der Waals surface area contributed by atoms with Crippen LogP contribution in [0.1, 0.15) is 53.7 Å². The number of amides is 2. The van der Waals surface area contributed by atoms with Crippen LogP contribution in [0, 0.1) is 5.92 Å². The maximum absolute atomic E-state index is 12.9. The second kappa shape index (κ2) is 7.63. The van der Waals surface area contributed by atoms with Crippen LogP contribution in [0.4, 0.5) is 0 Å². The molecule has 3 rings (SSSR count). The van der Waals surface area contributed by atoms with E-state index in [9.17, 15) is 9.59 Å². The molecule has 8 heteroatoms. The summed E-state index contributed by atoms with van der Waals surface area (Å²) >= 11 is 0. The molecule has 0 unspecified atom stereocenters. The zero-order valence-corrected chi connectivity index (χ0v) is 15.3. The molecule has 0 saturated carbocycles. The Kier molecular flexibility index (Phi) is 5.29. The molecule has 0 radical (unpaired) electrons. The van der Waals surface area contributed by atoms with Gasteiger partial charge in [-0.1, -0.05) is 19.1 Å². The highest BCUT2D eigenvalue weighted by molar-refractivity contribution is 6.05. The highest BCUT2D eigenvalue weighted by Gasteiger charge is 2.33. The summed E-state index contributed by atoms with van der Waals surface area (Å²) < 4.78 is 1.55. The summed E-state index contributed by atoms with van der Waals surface area (Å²) in [6.07, 6.45) is 4.24. The normalized spacial score (nSPS) is 16.3. The number of nitrogens with one attached hydrogen (secondary N) is 1. The summed E-state index contributed by atoms with van der Waals surface area (Å²) in [5.74, 6) is -0.111. The van der Waals surface area contributed by atoms with Gasteiger partial charge in [0.15, 0.2) is 11.4 Å². The summed E-state index contributed by atoms with van der Waals surface area (Å²) in [5, 5.41) is 11.1. The number of hydrogen-bond donors (Lipinski definition) is 1. The van der Waals surface area contributed by atoms with Crippen molar-refractivity contribution in [2.24, 2.45) is 5.92 Å². The van der Waals surface area contributed by atoms with Crippen molar-refractivity contribution >= 4 is 11.8 Å². The number of carbonyl (C=O) groups excluding carboxylic acids is 2. The number of aromatic nitrogens is 4. The zero-order valence-electron chi connectivity index (χ0n) is 15.3. The average molecular weight is 356 g/mol. The van der Waals surface area contributed by atoms with Crippen LogP contribution in [0.25, 0.3) is 0 Å².